The Morgan fingerprint density at radius 1 is 1.35 bits per heavy atom. The van der Waals surface area contributed by atoms with Gasteiger partial charge >= 0.3 is 0 Å². The summed E-state index contributed by atoms with van der Waals surface area (Å²) in [5.74, 6) is 3.48. The lowest BCUT2D eigenvalue weighted by molar-refractivity contribution is 0.354. The Bertz CT molecular complexity index is 356. The maximum atomic E-state index is 5.38. The average molecular weight is 253 g/mol. The molecular weight excluding hydrogens is 234 g/mol. The molecule has 1 aromatic rings. The van der Waals surface area contributed by atoms with Crippen molar-refractivity contribution in [2.24, 2.45) is 0 Å². The predicted octanol–water partition coefficient (Wildman–Crippen LogP) is 1.97. The summed E-state index contributed by atoms with van der Waals surface area (Å²) in [6, 6.07) is 0. The van der Waals surface area contributed by atoms with Gasteiger partial charge in [0.25, 0.3) is 0 Å². The first-order valence-corrected chi connectivity index (χ1v) is 7.61. The van der Waals surface area contributed by atoms with Crippen LogP contribution in [0.15, 0.2) is 4.52 Å². The lowest BCUT2D eigenvalue weighted by Gasteiger charge is -2.19. The molecule has 0 bridgehead atoms. The molecule has 2 unspecified atom stereocenters. The first kappa shape index (κ1) is 11.5. The Labute approximate surface area is 106 Å². The summed E-state index contributed by atoms with van der Waals surface area (Å²) in [6.45, 7) is 2.06. The van der Waals surface area contributed by atoms with E-state index in [0.717, 1.165) is 37.6 Å². The van der Waals surface area contributed by atoms with Gasteiger partial charge in [0, 0.05) is 18.2 Å². The molecule has 0 radical (unpaired) electrons. The zero-order valence-corrected chi connectivity index (χ0v) is 10.8. The molecule has 2 aliphatic rings. The van der Waals surface area contributed by atoms with Gasteiger partial charge in [-0.1, -0.05) is 11.6 Å². The van der Waals surface area contributed by atoms with Crippen LogP contribution in [-0.2, 0) is 6.42 Å². The van der Waals surface area contributed by atoms with Gasteiger partial charge in [-0.2, -0.15) is 16.7 Å². The molecular formula is C12H19N3OS. The summed E-state index contributed by atoms with van der Waals surface area (Å²) in [4.78, 5) is 4.56. The van der Waals surface area contributed by atoms with E-state index in [0.29, 0.717) is 11.2 Å². The largest absolute Gasteiger partial charge is 0.339 e. The second-order valence-electron chi connectivity index (χ2n) is 4.93. The second-order valence-corrected chi connectivity index (χ2v) is 6.34. The van der Waals surface area contributed by atoms with Gasteiger partial charge in [0.1, 0.15) is 0 Å². The van der Waals surface area contributed by atoms with Crippen LogP contribution in [0.1, 0.15) is 43.3 Å². The molecule has 17 heavy (non-hydrogen) atoms. The molecule has 0 aromatic carbocycles. The van der Waals surface area contributed by atoms with Crippen molar-refractivity contribution in [1.29, 1.82) is 0 Å². The number of thioether (sulfide) groups is 1. The first-order chi connectivity index (χ1) is 8.42. The van der Waals surface area contributed by atoms with Gasteiger partial charge in [-0.15, -0.1) is 0 Å². The minimum absolute atomic E-state index is 0.440. The summed E-state index contributed by atoms with van der Waals surface area (Å²) in [5, 5.41) is 8.16. The Morgan fingerprint density at radius 3 is 3.12 bits per heavy atom. The molecule has 2 fully saturated rings. The van der Waals surface area contributed by atoms with E-state index in [1.54, 1.807) is 0 Å². The average Bonchev–Trinajstić information content (AvgIpc) is 3.00. The van der Waals surface area contributed by atoms with Crippen molar-refractivity contribution in [2.75, 3.05) is 18.8 Å². The van der Waals surface area contributed by atoms with Crippen LogP contribution in [0.4, 0.5) is 0 Å². The van der Waals surface area contributed by atoms with E-state index in [1.165, 1.54) is 25.0 Å². The van der Waals surface area contributed by atoms with Crippen molar-refractivity contribution < 1.29 is 4.52 Å². The number of nitrogens with zero attached hydrogens (tertiary/aromatic N) is 2. The molecule has 2 aliphatic heterocycles. The molecule has 5 heteroatoms. The van der Waals surface area contributed by atoms with Crippen LogP contribution in [0.2, 0.25) is 0 Å². The lowest BCUT2D eigenvalue weighted by atomic mass is 10.1. The Balaban J connectivity index is 1.59. The van der Waals surface area contributed by atoms with E-state index >= 15 is 0 Å². The predicted molar refractivity (Wildman–Crippen MR) is 68.3 cm³/mol. The van der Waals surface area contributed by atoms with Gasteiger partial charge in [0.2, 0.25) is 5.89 Å². The SMILES string of the molecule is C1CCC(Cc2noc(C3CCNC3)n2)SC1. The third-order valence-electron chi connectivity index (χ3n) is 3.58. The fourth-order valence-electron chi connectivity index (χ4n) is 2.55. The molecule has 1 aromatic heterocycles. The normalized spacial score (nSPS) is 29.6. The van der Waals surface area contributed by atoms with Crippen molar-refractivity contribution in [3.63, 3.8) is 0 Å². The highest BCUT2D eigenvalue weighted by molar-refractivity contribution is 7.99. The van der Waals surface area contributed by atoms with Crippen LogP contribution in [-0.4, -0.2) is 34.2 Å². The van der Waals surface area contributed by atoms with E-state index in [2.05, 4.69) is 27.2 Å². The highest BCUT2D eigenvalue weighted by Crippen LogP contribution is 2.28. The van der Waals surface area contributed by atoms with Crippen molar-refractivity contribution in [3.8, 4) is 0 Å². The monoisotopic (exact) mass is 253 g/mol. The van der Waals surface area contributed by atoms with Gasteiger partial charge in [0.15, 0.2) is 5.82 Å². The van der Waals surface area contributed by atoms with E-state index in [-0.39, 0.29) is 0 Å². The quantitative estimate of drug-likeness (QED) is 0.892. The summed E-state index contributed by atoms with van der Waals surface area (Å²) >= 11 is 2.07. The van der Waals surface area contributed by atoms with Gasteiger partial charge < -0.3 is 9.84 Å². The lowest BCUT2D eigenvalue weighted by Crippen LogP contribution is -2.13. The maximum absolute atomic E-state index is 5.38. The summed E-state index contributed by atoms with van der Waals surface area (Å²) < 4.78 is 5.38. The van der Waals surface area contributed by atoms with Crippen molar-refractivity contribution in [3.05, 3.63) is 11.7 Å². The van der Waals surface area contributed by atoms with Gasteiger partial charge in [-0.3, -0.25) is 0 Å². The third-order valence-corrected chi connectivity index (χ3v) is 4.98. The molecule has 1 N–H and O–H groups in total. The number of nitrogens with one attached hydrogen (secondary N) is 1. The molecule has 94 valence electrons. The molecule has 0 aliphatic carbocycles. The fourth-order valence-corrected chi connectivity index (χ4v) is 3.86. The zero-order valence-electron chi connectivity index (χ0n) is 10.0. The molecule has 0 spiro atoms. The van der Waals surface area contributed by atoms with Crippen molar-refractivity contribution in [2.45, 2.75) is 43.3 Å². The van der Waals surface area contributed by atoms with Crippen LogP contribution in [0.5, 0.6) is 0 Å². The van der Waals surface area contributed by atoms with Crippen molar-refractivity contribution >= 4 is 11.8 Å². The Kier molecular flexibility index (Phi) is 3.66. The molecule has 2 atom stereocenters. The van der Waals surface area contributed by atoms with Gasteiger partial charge in [0.05, 0.1) is 5.92 Å². The fraction of sp³-hybridized carbons (Fsp3) is 0.833. The number of rotatable bonds is 3. The maximum Gasteiger partial charge on any atom is 0.231 e. The molecule has 0 saturated carbocycles. The summed E-state index contributed by atoms with van der Waals surface area (Å²) in [5.41, 5.74) is 0. The van der Waals surface area contributed by atoms with Crippen LogP contribution in [0.25, 0.3) is 0 Å². The minimum atomic E-state index is 0.440. The summed E-state index contributed by atoms with van der Waals surface area (Å²) in [6.07, 6.45) is 6.13. The number of hydrogen-bond acceptors (Lipinski definition) is 5. The van der Waals surface area contributed by atoms with E-state index in [1.807, 2.05) is 0 Å². The molecule has 4 nitrogen and oxygen atoms in total. The molecule has 3 rings (SSSR count). The van der Waals surface area contributed by atoms with Crippen molar-refractivity contribution in [1.82, 2.24) is 15.5 Å². The second kappa shape index (κ2) is 5.40. The molecule has 2 saturated heterocycles. The van der Waals surface area contributed by atoms with Crippen LogP contribution in [0.3, 0.4) is 0 Å². The Morgan fingerprint density at radius 2 is 2.35 bits per heavy atom. The van der Waals surface area contributed by atoms with Crippen LogP contribution >= 0.6 is 11.8 Å². The van der Waals surface area contributed by atoms with E-state index < -0.39 is 0 Å². The zero-order chi connectivity index (χ0) is 11.5. The minimum Gasteiger partial charge on any atom is -0.339 e. The smallest absolute Gasteiger partial charge is 0.231 e. The highest BCUT2D eigenvalue weighted by Gasteiger charge is 2.24. The molecule has 0 amide bonds. The van der Waals surface area contributed by atoms with Crippen LogP contribution in [0, 0.1) is 0 Å². The first-order valence-electron chi connectivity index (χ1n) is 6.56. The summed E-state index contributed by atoms with van der Waals surface area (Å²) in [7, 11) is 0. The molecule has 3 heterocycles. The van der Waals surface area contributed by atoms with E-state index in [4.69, 9.17) is 4.52 Å². The highest BCUT2D eigenvalue weighted by atomic mass is 32.2. The van der Waals surface area contributed by atoms with E-state index in [9.17, 15) is 0 Å². The van der Waals surface area contributed by atoms with Crippen LogP contribution < -0.4 is 5.32 Å². The number of hydrogen-bond donors (Lipinski definition) is 1. The topological polar surface area (TPSA) is 51.0 Å². The van der Waals surface area contributed by atoms with Gasteiger partial charge in [-0.05, 0) is 31.6 Å². The van der Waals surface area contributed by atoms with Gasteiger partial charge in [-0.25, -0.2) is 0 Å². The Hall–Kier alpha value is -0.550. The standard InChI is InChI=1S/C12H19N3OS/c1-2-6-17-10(3-1)7-11-14-12(16-15-11)9-4-5-13-8-9/h9-10,13H,1-8H2. The third kappa shape index (κ3) is 2.83. The number of aromatic nitrogens is 2.